The number of hydrazone groups is 1. The molecule has 3 heterocycles. The van der Waals surface area contributed by atoms with E-state index in [4.69, 9.17) is 19.3 Å². The summed E-state index contributed by atoms with van der Waals surface area (Å²) in [4.78, 5) is 28.0. The van der Waals surface area contributed by atoms with Crippen molar-refractivity contribution in [2.75, 3.05) is 26.6 Å². The van der Waals surface area contributed by atoms with Crippen LogP contribution in [0.3, 0.4) is 0 Å². The number of rotatable bonds is 13. The predicted octanol–water partition coefficient (Wildman–Crippen LogP) is 6.14. The molecule has 1 atom stereocenters. The minimum absolute atomic E-state index is 0.0661. The summed E-state index contributed by atoms with van der Waals surface area (Å²) >= 11 is 2.86. The van der Waals surface area contributed by atoms with Crippen molar-refractivity contribution in [1.29, 1.82) is 0 Å². The van der Waals surface area contributed by atoms with Gasteiger partial charge >= 0.3 is 0 Å². The summed E-state index contributed by atoms with van der Waals surface area (Å²) in [6, 6.07) is 26.0. The number of nitrogens with one attached hydrogen (secondary N) is 1. The third-order valence-electron chi connectivity index (χ3n) is 7.66. The lowest BCUT2D eigenvalue weighted by molar-refractivity contribution is -0.130. The third kappa shape index (κ3) is 7.21. The molecule has 11 nitrogen and oxygen atoms in total. The van der Waals surface area contributed by atoms with Crippen LogP contribution in [0.5, 0.6) is 17.2 Å². The third-order valence-corrected chi connectivity index (χ3v) is 9.49. The van der Waals surface area contributed by atoms with Gasteiger partial charge in [-0.05, 0) is 72.5 Å². The number of ether oxygens (including phenoxy) is 3. The Kier molecular flexibility index (Phi) is 10.4. The Morgan fingerprint density at radius 1 is 0.938 bits per heavy atom. The fourth-order valence-corrected chi connectivity index (χ4v) is 6.87. The van der Waals surface area contributed by atoms with E-state index in [0.29, 0.717) is 35.3 Å². The molecule has 3 aromatic carbocycles. The molecule has 2 aromatic heterocycles. The molecule has 1 aliphatic rings. The predicted molar refractivity (Wildman–Crippen MR) is 185 cm³/mol. The fraction of sp³-hybridized carbons (Fsp3) is 0.229. The molecule has 0 saturated carbocycles. The van der Waals surface area contributed by atoms with E-state index in [1.807, 2.05) is 77.5 Å². The number of para-hydroxylation sites is 1. The van der Waals surface area contributed by atoms with Crippen LogP contribution in [0.15, 0.2) is 101 Å². The average Bonchev–Trinajstić information content (AvgIpc) is 3.91. The van der Waals surface area contributed by atoms with Crippen LogP contribution in [-0.4, -0.2) is 63.9 Å². The van der Waals surface area contributed by atoms with E-state index in [1.165, 1.54) is 18.9 Å². The molecular formula is C35H34N6O5S2. The maximum absolute atomic E-state index is 13.9. The Balaban J connectivity index is 1.24. The Hall–Kier alpha value is -5.14. The molecule has 0 fully saturated rings. The Bertz CT molecular complexity index is 1890. The van der Waals surface area contributed by atoms with Crippen molar-refractivity contribution in [1.82, 2.24) is 25.1 Å². The van der Waals surface area contributed by atoms with Gasteiger partial charge < -0.3 is 19.5 Å². The summed E-state index contributed by atoms with van der Waals surface area (Å²) in [5.41, 5.74) is 3.01. The standard InChI is InChI=1S/C35H34N6O5S2/c1-4-46-26-17-13-24(14-18-26)40-32(21-36-34(43)27-8-5-6-9-30(27)45-3)37-38-35(40)48-22-33(42)41-29(23-11-15-25(44-2)16-12-23)20-28(39-41)31-10-7-19-47-31/h5-19,29H,4,20-22H2,1-3H3,(H,36,43). The highest BCUT2D eigenvalue weighted by molar-refractivity contribution is 7.99. The van der Waals surface area contributed by atoms with Gasteiger partial charge in [0.15, 0.2) is 11.0 Å². The van der Waals surface area contributed by atoms with Crippen molar-refractivity contribution in [3.05, 3.63) is 112 Å². The number of carbonyl (C=O) groups excluding carboxylic acids is 2. The molecule has 0 saturated heterocycles. The molecule has 0 bridgehead atoms. The average molecular weight is 683 g/mol. The maximum atomic E-state index is 13.9. The Labute approximate surface area is 286 Å². The molecule has 0 radical (unpaired) electrons. The normalized spacial score (nSPS) is 14.0. The molecule has 1 unspecified atom stereocenters. The van der Waals surface area contributed by atoms with Gasteiger partial charge in [0.05, 0.1) is 55.3 Å². The molecule has 1 N–H and O–H groups in total. The second-order valence-corrected chi connectivity index (χ2v) is 12.5. The van der Waals surface area contributed by atoms with E-state index in [0.717, 1.165) is 33.3 Å². The molecule has 246 valence electrons. The number of aromatic nitrogens is 3. The molecule has 0 spiro atoms. The molecule has 13 heteroatoms. The van der Waals surface area contributed by atoms with Gasteiger partial charge in [-0.2, -0.15) is 5.10 Å². The molecule has 0 aliphatic carbocycles. The van der Waals surface area contributed by atoms with Crippen LogP contribution >= 0.6 is 23.1 Å². The van der Waals surface area contributed by atoms with Crippen molar-refractivity contribution in [2.24, 2.45) is 5.10 Å². The molecular weight excluding hydrogens is 649 g/mol. The summed E-state index contributed by atoms with van der Waals surface area (Å²) in [6.07, 6.45) is 0.599. The van der Waals surface area contributed by atoms with Crippen molar-refractivity contribution in [3.63, 3.8) is 0 Å². The van der Waals surface area contributed by atoms with Crippen LogP contribution in [-0.2, 0) is 11.3 Å². The highest BCUT2D eigenvalue weighted by Gasteiger charge is 2.34. The van der Waals surface area contributed by atoms with Crippen molar-refractivity contribution in [3.8, 4) is 22.9 Å². The second-order valence-electron chi connectivity index (χ2n) is 10.6. The molecule has 6 rings (SSSR count). The minimum Gasteiger partial charge on any atom is -0.497 e. The highest BCUT2D eigenvalue weighted by Crippen LogP contribution is 2.35. The summed E-state index contributed by atoms with van der Waals surface area (Å²) in [5.74, 6) is 2.02. The maximum Gasteiger partial charge on any atom is 0.255 e. The number of amides is 2. The zero-order valence-corrected chi connectivity index (χ0v) is 28.3. The van der Waals surface area contributed by atoms with Crippen LogP contribution < -0.4 is 19.5 Å². The van der Waals surface area contributed by atoms with E-state index >= 15 is 0 Å². The van der Waals surface area contributed by atoms with Crippen LogP contribution in [0.25, 0.3) is 5.69 Å². The topological polar surface area (TPSA) is 120 Å². The van der Waals surface area contributed by atoms with Gasteiger partial charge in [0.25, 0.3) is 11.8 Å². The van der Waals surface area contributed by atoms with Crippen molar-refractivity contribution < 1.29 is 23.8 Å². The quantitative estimate of drug-likeness (QED) is 0.147. The first-order chi connectivity index (χ1) is 23.5. The summed E-state index contributed by atoms with van der Waals surface area (Å²) in [6.45, 7) is 2.56. The van der Waals surface area contributed by atoms with Gasteiger partial charge in [-0.25, -0.2) is 5.01 Å². The zero-order valence-electron chi connectivity index (χ0n) is 26.7. The van der Waals surface area contributed by atoms with Gasteiger partial charge in [0.2, 0.25) is 0 Å². The first kappa shape index (κ1) is 32.8. The molecule has 2 amide bonds. The van der Waals surface area contributed by atoms with Gasteiger partial charge in [0.1, 0.15) is 17.2 Å². The smallest absolute Gasteiger partial charge is 0.255 e. The van der Waals surface area contributed by atoms with E-state index in [1.54, 1.807) is 47.7 Å². The lowest BCUT2D eigenvalue weighted by Gasteiger charge is -2.22. The number of methoxy groups -OCH3 is 2. The van der Waals surface area contributed by atoms with Crippen LogP contribution in [0.2, 0.25) is 0 Å². The van der Waals surface area contributed by atoms with Crippen molar-refractivity contribution >= 4 is 40.6 Å². The van der Waals surface area contributed by atoms with E-state index < -0.39 is 0 Å². The largest absolute Gasteiger partial charge is 0.497 e. The molecule has 5 aromatic rings. The van der Waals surface area contributed by atoms with Gasteiger partial charge in [0, 0.05) is 12.1 Å². The van der Waals surface area contributed by atoms with E-state index in [2.05, 4.69) is 15.5 Å². The minimum atomic E-state index is -0.309. The summed E-state index contributed by atoms with van der Waals surface area (Å²) in [7, 11) is 3.15. The highest BCUT2D eigenvalue weighted by atomic mass is 32.2. The van der Waals surface area contributed by atoms with Crippen LogP contribution in [0.1, 0.15) is 46.0 Å². The van der Waals surface area contributed by atoms with Gasteiger partial charge in [-0.1, -0.05) is 42.1 Å². The lowest BCUT2D eigenvalue weighted by Crippen LogP contribution is -2.28. The lowest BCUT2D eigenvalue weighted by atomic mass is 10.0. The van der Waals surface area contributed by atoms with Gasteiger partial charge in [-0.3, -0.25) is 14.2 Å². The van der Waals surface area contributed by atoms with Crippen LogP contribution in [0, 0.1) is 0 Å². The van der Waals surface area contributed by atoms with E-state index in [9.17, 15) is 9.59 Å². The second kappa shape index (κ2) is 15.2. The number of nitrogens with zero attached hydrogens (tertiary/aromatic N) is 5. The number of hydrogen-bond donors (Lipinski definition) is 1. The summed E-state index contributed by atoms with van der Waals surface area (Å²) < 4.78 is 18.2. The fourth-order valence-electron chi connectivity index (χ4n) is 5.32. The Morgan fingerprint density at radius 3 is 2.42 bits per heavy atom. The monoisotopic (exact) mass is 682 g/mol. The molecule has 48 heavy (non-hydrogen) atoms. The SMILES string of the molecule is CCOc1ccc(-n2c(CNC(=O)c3ccccc3OC)nnc2SCC(=O)N2N=C(c3cccs3)CC2c2ccc(OC)cc2)cc1. The first-order valence-corrected chi connectivity index (χ1v) is 17.1. The number of hydrogen-bond acceptors (Lipinski definition) is 10. The summed E-state index contributed by atoms with van der Waals surface area (Å²) in [5, 5.41) is 20.7. The van der Waals surface area contributed by atoms with E-state index in [-0.39, 0.29) is 30.2 Å². The number of carbonyl (C=O) groups is 2. The zero-order chi connectivity index (χ0) is 33.5. The van der Waals surface area contributed by atoms with Crippen LogP contribution in [0.4, 0.5) is 0 Å². The Morgan fingerprint density at radius 2 is 1.71 bits per heavy atom. The first-order valence-electron chi connectivity index (χ1n) is 15.3. The number of thiophene rings is 1. The van der Waals surface area contributed by atoms with Gasteiger partial charge in [-0.15, -0.1) is 21.5 Å². The number of thioether (sulfide) groups is 1. The van der Waals surface area contributed by atoms with Crippen molar-refractivity contribution in [2.45, 2.75) is 31.1 Å². The number of benzene rings is 3. The molecule has 1 aliphatic heterocycles.